The predicted molar refractivity (Wildman–Crippen MR) is 150 cm³/mol. The highest BCUT2D eigenvalue weighted by atomic mass is 19.4. The van der Waals surface area contributed by atoms with Gasteiger partial charge in [0.25, 0.3) is 11.5 Å². The molecule has 0 saturated carbocycles. The molecule has 1 aliphatic rings. The third-order valence-electron chi connectivity index (χ3n) is 7.21. The van der Waals surface area contributed by atoms with E-state index in [4.69, 9.17) is 4.74 Å². The molecule has 0 bridgehead atoms. The van der Waals surface area contributed by atoms with E-state index in [0.29, 0.717) is 54.0 Å². The molecular weight excluding hydrogens is 549 g/mol. The highest BCUT2D eigenvalue weighted by Gasteiger charge is 2.38. The molecule has 1 amide bonds. The van der Waals surface area contributed by atoms with Crippen LogP contribution in [0.4, 0.5) is 19.0 Å². The summed E-state index contributed by atoms with van der Waals surface area (Å²) in [5.41, 5.74) is -2.26. The van der Waals surface area contributed by atoms with E-state index >= 15 is 0 Å². The van der Waals surface area contributed by atoms with Gasteiger partial charge in [0.1, 0.15) is 23.7 Å². The first-order valence-electron chi connectivity index (χ1n) is 13.2. The van der Waals surface area contributed by atoms with Crippen molar-refractivity contribution in [3.8, 4) is 11.4 Å². The van der Waals surface area contributed by atoms with Crippen molar-refractivity contribution >= 4 is 22.5 Å². The first-order chi connectivity index (χ1) is 20.3. The van der Waals surface area contributed by atoms with Crippen molar-refractivity contribution in [2.24, 2.45) is 0 Å². The van der Waals surface area contributed by atoms with Crippen molar-refractivity contribution < 1.29 is 22.7 Å². The number of carbonyl (C=O) groups is 1. The number of carbonyl (C=O) groups excluding carboxylic acids is 1. The van der Waals surface area contributed by atoms with E-state index in [9.17, 15) is 22.8 Å². The number of aromatic nitrogens is 4. The minimum Gasteiger partial charge on any atom is -0.487 e. The molecule has 2 aromatic carbocycles. The van der Waals surface area contributed by atoms with Gasteiger partial charge in [0.15, 0.2) is 0 Å². The third-order valence-corrected chi connectivity index (χ3v) is 7.21. The monoisotopic (exact) mass is 574 g/mol. The lowest BCUT2D eigenvalue weighted by Gasteiger charge is -2.35. The van der Waals surface area contributed by atoms with Gasteiger partial charge in [-0.15, -0.1) is 0 Å². The van der Waals surface area contributed by atoms with Crippen LogP contribution in [-0.4, -0.2) is 56.7 Å². The molecule has 1 fully saturated rings. The van der Waals surface area contributed by atoms with E-state index in [1.807, 2.05) is 23.3 Å². The van der Waals surface area contributed by atoms with Crippen LogP contribution in [0.5, 0.6) is 5.75 Å². The Morgan fingerprint density at radius 1 is 0.976 bits per heavy atom. The fourth-order valence-corrected chi connectivity index (χ4v) is 5.16. The molecule has 5 aromatic rings. The van der Waals surface area contributed by atoms with Crippen molar-refractivity contribution in [1.29, 1.82) is 0 Å². The number of alkyl halides is 3. The predicted octanol–water partition coefficient (Wildman–Crippen LogP) is 4.67. The van der Waals surface area contributed by atoms with Crippen LogP contribution in [0, 0.1) is 0 Å². The van der Waals surface area contributed by atoms with Crippen LogP contribution in [-0.2, 0) is 12.8 Å². The molecule has 1 aliphatic heterocycles. The molecule has 0 spiro atoms. The van der Waals surface area contributed by atoms with E-state index < -0.39 is 23.0 Å². The number of halogens is 3. The molecule has 0 unspecified atom stereocenters. The van der Waals surface area contributed by atoms with Gasteiger partial charge < -0.3 is 19.1 Å². The summed E-state index contributed by atoms with van der Waals surface area (Å²) in [6, 6.07) is 19.5. The lowest BCUT2D eigenvalue weighted by Crippen LogP contribution is -2.49. The van der Waals surface area contributed by atoms with Crippen molar-refractivity contribution in [3.63, 3.8) is 0 Å². The van der Waals surface area contributed by atoms with Gasteiger partial charge in [0.05, 0.1) is 17.6 Å². The maximum atomic E-state index is 13.9. The van der Waals surface area contributed by atoms with Gasteiger partial charge in [0.2, 0.25) is 0 Å². The normalized spacial score (nSPS) is 13.9. The van der Waals surface area contributed by atoms with Crippen LogP contribution in [0.25, 0.3) is 16.5 Å². The molecular formula is C30H25F3N6O3. The van der Waals surface area contributed by atoms with Gasteiger partial charge in [0, 0.05) is 54.9 Å². The van der Waals surface area contributed by atoms with E-state index in [1.165, 1.54) is 10.8 Å². The quantitative estimate of drug-likeness (QED) is 0.317. The summed E-state index contributed by atoms with van der Waals surface area (Å²) in [5.74, 6) is 1.11. The molecule has 9 nitrogen and oxygen atoms in total. The first-order valence-corrected chi connectivity index (χ1v) is 13.2. The number of aromatic amines is 1. The molecule has 1 N–H and O–H groups in total. The number of rotatable bonds is 6. The zero-order chi connectivity index (χ0) is 29.3. The lowest BCUT2D eigenvalue weighted by atomic mass is 10.1. The van der Waals surface area contributed by atoms with Crippen molar-refractivity contribution in [1.82, 2.24) is 24.6 Å². The average Bonchev–Trinajstić information content (AvgIpc) is 3.38. The second kappa shape index (κ2) is 11.0. The van der Waals surface area contributed by atoms with Crippen LogP contribution < -0.4 is 15.2 Å². The number of piperazine rings is 1. The molecule has 214 valence electrons. The van der Waals surface area contributed by atoms with Gasteiger partial charge in [-0.1, -0.05) is 36.4 Å². The number of nitrogens with one attached hydrogen (secondary N) is 1. The van der Waals surface area contributed by atoms with Crippen molar-refractivity contribution in [2.75, 3.05) is 31.1 Å². The first kappa shape index (κ1) is 27.1. The highest BCUT2D eigenvalue weighted by molar-refractivity contribution is 5.94. The Balaban J connectivity index is 1.23. The third kappa shape index (κ3) is 5.30. The SMILES string of the molecule is O=C(c1cccc(OCc2c3ccccc3cn2-c2cn[nH]c(=O)c2C(F)(F)F)c1)N1CCN(c2ccccn2)CC1. The molecule has 12 heteroatoms. The zero-order valence-electron chi connectivity index (χ0n) is 22.2. The highest BCUT2D eigenvalue weighted by Crippen LogP contribution is 2.34. The minimum absolute atomic E-state index is 0.127. The Bertz CT molecular complexity index is 1790. The number of pyridine rings is 1. The molecule has 6 rings (SSSR count). The standard InChI is InChI=1S/C30H25F3N6O3/c31-30(32,33)27-24(17-35-36-28(27)40)39-18-21-6-1-2-9-23(21)25(39)19-42-22-8-5-7-20(16-22)29(41)38-14-12-37(13-15-38)26-10-3-4-11-34-26/h1-11,16-18H,12-15,19H2,(H,36,40). The number of benzene rings is 2. The summed E-state index contributed by atoms with van der Waals surface area (Å²) < 4.78 is 49.0. The van der Waals surface area contributed by atoms with Crippen LogP contribution in [0.1, 0.15) is 21.6 Å². The van der Waals surface area contributed by atoms with E-state index in [0.717, 1.165) is 12.0 Å². The van der Waals surface area contributed by atoms with Crippen LogP contribution in [0.2, 0.25) is 0 Å². The summed E-state index contributed by atoms with van der Waals surface area (Å²) in [7, 11) is 0. The summed E-state index contributed by atoms with van der Waals surface area (Å²) >= 11 is 0. The fourth-order valence-electron chi connectivity index (χ4n) is 5.16. The zero-order valence-corrected chi connectivity index (χ0v) is 22.2. The number of nitrogens with zero attached hydrogens (tertiary/aromatic N) is 5. The number of hydrogen-bond donors (Lipinski definition) is 1. The van der Waals surface area contributed by atoms with Crippen LogP contribution >= 0.6 is 0 Å². The van der Waals surface area contributed by atoms with Crippen molar-refractivity contribution in [3.05, 3.63) is 112 Å². The number of fused-ring (bicyclic) bond motifs is 1. The Labute approximate surface area is 237 Å². The molecule has 0 aliphatic carbocycles. The largest absolute Gasteiger partial charge is 0.487 e. The summed E-state index contributed by atoms with van der Waals surface area (Å²) in [6.45, 7) is 2.25. The van der Waals surface area contributed by atoms with Gasteiger partial charge >= 0.3 is 6.18 Å². The van der Waals surface area contributed by atoms with Gasteiger partial charge in [-0.25, -0.2) is 10.1 Å². The number of amides is 1. The lowest BCUT2D eigenvalue weighted by molar-refractivity contribution is -0.138. The Morgan fingerprint density at radius 3 is 2.52 bits per heavy atom. The molecule has 42 heavy (non-hydrogen) atoms. The van der Waals surface area contributed by atoms with E-state index in [1.54, 1.807) is 59.6 Å². The van der Waals surface area contributed by atoms with Gasteiger partial charge in [-0.05, 0) is 30.3 Å². The minimum atomic E-state index is -4.90. The molecule has 4 heterocycles. The smallest absolute Gasteiger partial charge is 0.423 e. The van der Waals surface area contributed by atoms with E-state index in [2.05, 4.69) is 15.0 Å². The number of H-pyrrole nitrogens is 1. The Hall–Kier alpha value is -5.13. The van der Waals surface area contributed by atoms with E-state index in [-0.39, 0.29) is 12.5 Å². The summed E-state index contributed by atoms with van der Waals surface area (Å²) in [5, 5.41) is 6.81. The summed E-state index contributed by atoms with van der Waals surface area (Å²) in [6.07, 6.45) is -0.675. The Kier molecular flexibility index (Phi) is 7.11. The molecule has 0 radical (unpaired) electrons. The van der Waals surface area contributed by atoms with Crippen molar-refractivity contribution in [2.45, 2.75) is 12.8 Å². The number of anilines is 1. The Morgan fingerprint density at radius 2 is 1.76 bits per heavy atom. The van der Waals surface area contributed by atoms with Crippen LogP contribution in [0.15, 0.2) is 90.1 Å². The number of hydrogen-bond acceptors (Lipinski definition) is 6. The van der Waals surface area contributed by atoms with Crippen LogP contribution in [0.3, 0.4) is 0 Å². The van der Waals surface area contributed by atoms with Gasteiger partial charge in [-0.3, -0.25) is 9.59 Å². The molecule has 0 atom stereocenters. The molecule has 3 aromatic heterocycles. The second-order valence-electron chi connectivity index (χ2n) is 9.77. The molecule has 1 saturated heterocycles. The maximum Gasteiger partial charge on any atom is 0.423 e. The second-order valence-corrected chi connectivity index (χ2v) is 9.77. The number of ether oxygens (including phenoxy) is 1. The fraction of sp³-hybridized carbons (Fsp3) is 0.200. The summed E-state index contributed by atoms with van der Waals surface area (Å²) in [4.78, 5) is 33.7. The maximum absolute atomic E-state index is 13.9. The van der Waals surface area contributed by atoms with Gasteiger partial charge in [-0.2, -0.15) is 18.3 Å². The topological polar surface area (TPSA) is 96.3 Å². The average molecular weight is 575 g/mol.